The van der Waals surface area contributed by atoms with Gasteiger partial charge in [-0.05, 0) is 36.8 Å². The molecule has 0 aromatic heterocycles. The van der Waals surface area contributed by atoms with Gasteiger partial charge in [0.15, 0.2) is 0 Å². The third-order valence-electron chi connectivity index (χ3n) is 2.67. The van der Waals surface area contributed by atoms with Crippen molar-refractivity contribution in [3.05, 3.63) is 27.7 Å². The van der Waals surface area contributed by atoms with Crippen LogP contribution in [-0.4, -0.2) is 26.0 Å². The molecule has 0 spiro atoms. The minimum absolute atomic E-state index is 0.00784. The molecule has 0 amide bonds. The monoisotopic (exact) mass is 369 g/mol. The van der Waals surface area contributed by atoms with Crippen molar-refractivity contribution in [2.75, 3.05) is 11.5 Å². The lowest BCUT2D eigenvalue weighted by atomic mass is 10.2. The molecule has 100 valence electrons. The van der Waals surface area contributed by atoms with Crippen molar-refractivity contribution < 1.29 is 8.42 Å². The second kappa shape index (κ2) is 6.13. The standard InChI is InChI=1S/C11H13BrClNO2S2/c12-8-3-4-11(10(13)6-8)18(15,16)14-9-2-1-5-17-7-9/h3-4,6,9,14H,1-2,5,7H2. The van der Waals surface area contributed by atoms with Crippen LogP contribution in [0.5, 0.6) is 0 Å². The molecule has 1 saturated heterocycles. The van der Waals surface area contributed by atoms with Crippen molar-refractivity contribution in [3.8, 4) is 0 Å². The molecule has 2 rings (SSSR count). The quantitative estimate of drug-likeness (QED) is 0.888. The molecular formula is C11H13BrClNO2S2. The third kappa shape index (κ3) is 3.63. The molecule has 1 N–H and O–H groups in total. The van der Waals surface area contributed by atoms with Gasteiger partial charge >= 0.3 is 0 Å². The van der Waals surface area contributed by atoms with Crippen molar-refractivity contribution in [2.45, 2.75) is 23.8 Å². The first-order valence-electron chi connectivity index (χ1n) is 5.54. The first kappa shape index (κ1) is 14.7. The second-order valence-corrected chi connectivity index (χ2v) is 8.27. The van der Waals surface area contributed by atoms with Crippen LogP contribution >= 0.6 is 39.3 Å². The van der Waals surface area contributed by atoms with E-state index in [0.717, 1.165) is 28.8 Å². The van der Waals surface area contributed by atoms with Crippen molar-refractivity contribution >= 4 is 49.3 Å². The van der Waals surface area contributed by atoms with Gasteiger partial charge in [0.2, 0.25) is 10.0 Å². The molecule has 1 atom stereocenters. The van der Waals surface area contributed by atoms with Crippen LogP contribution in [0, 0.1) is 0 Å². The predicted molar refractivity (Wildman–Crippen MR) is 79.8 cm³/mol. The van der Waals surface area contributed by atoms with Crippen LogP contribution in [0.15, 0.2) is 27.6 Å². The number of benzene rings is 1. The summed E-state index contributed by atoms with van der Waals surface area (Å²) >= 11 is 11.0. The van der Waals surface area contributed by atoms with Gasteiger partial charge in [-0.2, -0.15) is 11.8 Å². The smallest absolute Gasteiger partial charge is 0.207 e. The number of halogens is 2. The summed E-state index contributed by atoms with van der Waals surface area (Å²) in [7, 11) is -3.52. The van der Waals surface area contributed by atoms with E-state index in [4.69, 9.17) is 11.6 Å². The summed E-state index contributed by atoms with van der Waals surface area (Å²) in [4.78, 5) is 0.142. The van der Waals surface area contributed by atoms with Crippen molar-refractivity contribution in [1.29, 1.82) is 0 Å². The highest BCUT2D eigenvalue weighted by molar-refractivity contribution is 9.10. The van der Waals surface area contributed by atoms with Crippen LogP contribution in [0.4, 0.5) is 0 Å². The van der Waals surface area contributed by atoms with Gasteiger partial charge in [-0.3, -0.25) is 0 Å². The summed E-state index contributed by atoms with van der Waals surface area (Å²) in [5.41, 5.74) is 0. The molecular weight excluding hydrogens is 358 g/mol. The Balaban J connectivity index is 2.19. The van der Waals surface area contributed by atoms with E-state index in [0.29, 0.717) is 0 Å². The van der Waals surface area contributed by atoms with E-state index < -0.39 is 10.0 Å². The van der Waals surface area contributed by atoms with E-state index in [1.807, 2.05) is 0 Å². The van der Waals surface area contributed by atoms with E-state index in [2.05, 4.69) is 20.7 Å². The van der Waals surface area contributed by atoms with Crippen molar-refractivity contribution in [2.24, 2.45) is 0 Å². The molecule has 1 unspecified atom stereocenters. The number of hydrogen-bond acceptors (Lipinski definition) is 3. The molecule has 3 nitrogen and oxygen atoms in total. The number of sulfonamides is 1. The number of nitrogens with one attached hydrogen (secondary N) is 1. The molecule has 18 heavy (non-hydrogen) atoms. The second-order valence-electron chi connectivity index (χ2n) is 4.11. The number of rotatable bonds is 3. The minimum atomic E-state index is -3.52. The molecule has 1 heterocycles. The van der Waals surface area contributed by atoms with Crippen LogP contribution in [0.3, 0.4) is 0 Å². The van der Waals surface area contributed by atoms with Crippen LogP contribution < -0.4 is 4.72 Å². The summed E-state index contributed by atoms with van der Waals surface area (Å²) in [6.07, 6.45) is 1.94. The van der Waals surface area contributed by atoms with E-state index in [-0.39, 0.29) is 16.0 Å². The van der Waals surface area contributed by atoms with Gasteiger partial charge in [0.1, 0.15) is 4.90 Å². The Bertz CT molecular complexity index is 530. The molecule has 0 saturated carbocycles. The Hall–Kier alpha value is 0.250. The zero-order valence-corrected chi connectivity index (χ0v) is 13.5. The van der Waals surface area contributed by atoms with Gasteiger partial charge in [0.25, 0.3) is 0 Å². The van der Waals surface area contributed by atoms with Crippen LogP contribution in [-0.2, 0) is 10.0 Å². The lowest BCUT2D eigenvalue weighted by Gasteiger charge is -2.22. The zero-order chi connectivity index (χ0) is 13.2. The van der Waals surface area contributed by atoms with Gasteiger partial charge in [-0.15, -0.1) is 0 Å². The van der Waals surface area contributed by atoms with Gasteiger partial charge < -0.3 is 0 Å². The van der Waals surface area contributed by atoms with E-state index in [1.165, 1.54) is 6.07 Å². The summed E-state index contributed by atoms with van der Waals surface area (Å²) in [6, 6.07) is 4.79. The third-order valence-corrected chi connectivity index (χ3v) is 6.38. The normalized spacial score (nSPS) is 20.9. The fourth-order valence-corrected chi connectivity index (χ4v) is 5.30. The maximum Gasteiger partial charge on any atom is 0.242 e. The maximum atomic E-state index is 12.2. The highest BCUT2D eigenvalue weighted by Gasteiger charge is 2.23. The maximum absolute atomic E-state index is 12.2. The Labute approximate surface area is 125 Å². The van der Waals surface area contributed by atoms with E-state index in [9.17, 15) is 8.42 Å². The summed E-state index contributed by atoms with van der Waals surface area (Å²) < 4.78 is 27.9. The Morgan fingerprint density at radius 2 is 2.22 bits per heavy atom. The fraction of sp³-hybridized carbons (Fsp3) is 0.455. The molecule has 0 bridgehead atoms. The predicted octanol–water partition coefficient (Wildman–Crippen LogP) is 3.28. The van der Waals surface area contributed by atoms with E-state index in [1.54, 1.807) is 23.9 Å². The Morgan fingerprint density at radius 1 is 1.44 bits per heavy atom. The molecule has 1 aromatic rings. The first-order chi connectivity index (χ1) is 8.49. The van der Waals surface area contributed by atoms with Gasteiger partial charge in [-0.25, -0.2) is 13.1 Å². The van der Waals surface area contributed by atoms with E-state index >= 15 is 0 Å². The van der Waals surface area contributed by atoms with Crippen LogP contribution in [0.1, 0.15) is 12.8 Å². The molecule has 1 fully saturated rings. The highest BCUT2D eigenvalue weighted by Crippen LogP contribution is 2.26. The molecule has 7 heteroatoms. The highest BCUT2D eigenvalue weighted by atomic mass is 79.9. The average Bonchev–Trinajstić information content (AvgIpc) is 2.29. The van der Waals surface area contributed by atoms with Gasteiger partial charge in [0, 0.05) is 16.3 Å². The van der Waals surface area contributed by atoms with Gasteiger partial charge in [-0.1, -0.05) is 27.5 Å². The number of hydrogen-bond donors (Lipinski definition) is 1. The lowest BCUT2D eigenvalue weighted by molar-refractivity contribution is 0.543. The van der Waals surface area contributed by atoms with Crippen molar-refractivity contribution in [1.82, 2.24) is 4.72 Å². The average molecular weight is 371 g/mol. The van der Waals surface area contributed by atoms with Gasteiger partial charge in [0.05, 0.1) is 5.02 Å². The number of thioether (sulfide) groups is 1. The summed E-state index contributed by atoms with van der Waals surface area (Å²) in [5.74, 6) is 1.94. The molecule has 1 aliphatic rings. The SMILES string of the molecule is O=S(=O)(NC1CCCSC1)c1ccc(Br)cc1Cl. The van der Waals surface area contributed by atoms with Crippen LogP contribution in [0.2, 0.25) is 5.02 Å². The van der Waals surface area contributed by atoms with Crippen molar-refractivity contribution in [3.63, 3.8) is 0 Å². The summed E-state index contributed by atoms with van der Waals surface area (Å²) in [6.45, 7) is 0. The Morgan fingerprint density at radius 3 is 2.83 bits per heavy atom. The van der Waals surface area contributed by atoms with Crippen LogP contribution in [0.25, 0.3) is 0 Å². The fourth-order valence-electron chi connectivity index (χ4n) is 1.81. The zero-order valence-electron chi connectivity index (χ0n) is 9.53. The topological polar surface area (TPSA) is 46.2 Å². The summed E-state index contributed by atoms with van der Waals surface area (Å²) in [5, 5.41) is 0.236. The first-order valence-corrected chi connectivity index (χ1v) is 9.35. The Kier molecular flexibility index (Phi) is 4.99. The molecule has 1 aliphatic heterocycles. The minimum Gasteiger partial charge on any atom is -0.207 e. The molecule has 1 aromatic carbocycles. The molecule has 0 aliphatic carbocycles. The molecule has 0 radical (unpaired) electrons. The lowest BCUT2D eigenvalue weighted by Crippen LogP contribution is -2.38. The largest absolute Gasteiger partial charge is 0.242 e.